The van der Waals surface area contributed by atoms with Gasteiger partial charge in [-0.15, -0.1) is 35.3 Å². The highest BCUT2D eigenvalue weighted by Gasteiger charge is 2.22. The summed E-state index contributed by atoms with van der Waals surface area (Å²) in [6, 6.07) is 12.4. The van der Waals surface area contributed by atoms with Crippen molar-refractivity contribution in [3.63, 3.8) is 0 Å². The van der Waals surface area contributed by atoms with Gasteiger partial charge in [0, 0.05) is 37.5 Å². The number of carbonyl (C=O) groups is 1. The van der Waals surface area contributed by atoms with Crippen LogP contribution in [0.5, 0.6) is 5.75 Å². The topological polar surface area (TPSA) is 66.0 Å². The number of guanidine groups is 1. The second-order valence-electron chi connectivity index (χ2n) is 7.59. The molecule has 2 atom stereocenters. The van der Waals surface area contributed by atoms with E-state index >= 15 is 0 Å². The molecule has 1 aromatic heterocycles. The van der Waals surface area contributed by atoms with E-state index in [9.17, 15) is 4.79 Å². The smallest absolute Gasteiger partial charge is 0.243 e. The Kier molecular flexibility index (Phi) is 9.90. The predicted octanol–water partition coefficient (Wildman–Crippen LogP) is 3.69. The number of thiophene rings is 1. The Morgan fingerprint density at radius 3 is 2.83 bits per heavy atom. The van der Waals surface area contributed by atoms with Gasteiger partial charge in [0.15, 0.2) is 5.96 Å². The van der Waals surface area contributed by atoms with Crippen molar-refractivity contribution in [2.24, 2.45) is 10.9 Å². The highest BCUT2D eigenvalue weighted by molar-refractivity contribution is 14.0. The summed E-state index contributed by atoms with van der Waals surface area (Å²) in [5.74, 6) is 2.00. The summed E-state index contributed by atoms with van der Waals surface area (Å²) in [4.78, 5) is 19.5. The van der Waals surface area contributed by atoms with Crippen LogP contribution >= 0.6 is 35.3 Å². The molecule has 164 valence electrons. The third-order valence-corrected chi connectivity index (χ3v) is 5.79. The normalized spacial score (nSPS) is 16.5. The van der Waals surface area contributed by atoms with E-state index in [1.807, 2.05) is 18.2 Å². The van der Waals surface area contributed by atoms with Gasteiger partial charge < -0.3 is 20.3 Å². The molecular weight excluding hydrogens is 511 g/mol. The van der Waals surface area contributed by atoms with Crippen LogP contribution in [0.2, 0.25) is 0 Å². The number of halogens is 1. The van der Waals surface area contributed by atoms with E-state index in [0.717, 1.165) is 30.7 Å². The Morgan fingerprint density at radius 1 is 1.30 bits per heavy atom. The van der Waals surface area contributed by atoms with Crippen LogP contribution in [-0.4, -0.2) is 50.6 Å². The fraction of sp³-hybridized carbons (Fsp3) is 0.455. The number of aliphatic imine (C=N–C) groups is 1. The summed E-state index contributed by atoms with van der Waals surface area (Å²) in [7, 11) is 3.49. The van der Waals surface area contributed by atoms with Crippen LogP contribution in [0.25, 0.3) is 0 Å². The molecule has 0 saturated carbocycles. The van der Waals surface area contributed by atoms with Gasteiger partial charge >= 0.3 is 0 Å². The molecule has 8 heteroatoms. The Hall–Kier alpha value is -1.81. The minimum absolute atomic E-state index is 0. The minimum atomic E-state index is -0.0230. The number of rotatable bonds is 7. The van der Waals surface area contributed by atoms with Crippen LogP contribution in [0.15, 0.2) is 46.8 Å². The van der Waals surface area contributed by atoms with Gasteiger partial charge in [-0.2, -0.15) is 0 Å². The van der Waals surface area contributed by atoms with Crippen LogP contribution in [0.1, 0.15) is 29.8 Å². The van der Waals surface area contributed by atoms with Gasteiger partial charge in [0.05, 0.1) is 12.6 Å². The average Bonchev–Trinajstić information content (AvgIpc) is 3.22. The fourth-order valence-electron chi connectivity index (χ4n) is 3.21. The Bertz CT molecular complexity index is 826. The highest BCUT2D eigenvalue weighted by Crippen LogP contribution is 2.31. The molecule has 2 aromatic rings. The molecule has 0 fully saturated rings. The Labute approximate surface area is 200 Å². The van der Waals surface area contributed by atoms with Crippen LogP contribution in [-0.2, 0) is 11.2 Å². The zero-order chi connectivity index (χ0) is 20.6. The molecule has 0 bridgehead atoms. The lowest BCUT2D eigenvalue weighted by atomic mass is 10.0. The van der Waals surface area contributed by atoms with Crippen LogP contribution in [0, 0.1) is 5.92 Å². The molecule has 0 spiro atoms. The summed E-state index contributed by atoms with van der Waals surface area (Å²) >= 11 is 1.79. The zero-order valence-electron chi connectivity index (χ0n) is 17.8. The van der Waals surface area contributed by atoms with Crippen molar-refractivity contribution < 1.29 is 9.53 Å². The van der Waals surface area contributed by atoms with Crippen molar-refractivity contribution in [2.75, 3.05) is 33.8 Å². The number of para-hydroxylation sites is 1. The number of nitrogens with one attached hydrogen (secondary N) is 2. The lowest BCUT2D eigenvalue weighted by Gasteiger charge is -2.28. The number of hydrogen-bond acceptors (Lipinski definition) is 4. The van der Waals surface area contributed by atoms with Crippen LogP contribution in [0.3, 0.4) is 0 Å². The summed E-state index contributed by atoms with van der Waals surface area (Å²) in [6.45, 7) is 3.78. The summed E-state index contributed by atoms with van der Waals surface area (Å²) < 4.78 is 5.76. The molecule has 1 aliphatic heterocycles. The number of likely N-dealkylation sites (N-methyl/N-ethyl adjacent to an activating group) is 1. The maximum Gasteiger partial charge on any atom is 0.243 e. The quantitative estimate of drug-likeness (QED) is 0.318. The van der Waals surface area contributed by atoms with E-state index in [2.05, 4.69) is 46.1 Å². The lowest BCUT2D eigenvalue weighted by molar-refractivity contribution is -0.127. The van der Waals surface area contributed by atoms with E-state index in [0.29, 0.717) is 18.5 Å². The number of ether oxygens (including phenoxy) is 1. The average molecular weight is 542 g/mol. The molecule has 2 N–H and O–H groups in total. The molecule has 1 amide bonds. The molecule has 0 saturated heterocycles. The first-order valence-corrected chi connectivity index (χ1v) is 10.9. The second kappa shape index (κ2) is 12.1. The van der Waals surface area contributed by atoms with Gasteiger partial charge in [-0.1, -0.05) is 31.2 Å². The standard InChI is InChI=1S/C22H30N4O2S.HI/c1-16(13-17-7-6-12-29-17)14-23-22(24-15-21(27)26(2)3)25-19-10-11-28-20-9-5-4-8-18(19)20;/h4-9,12,16,19H,10-11,13-15H2,1-3H3,(H2,23,24,25);1H. The van der Waals surface area contributed by atoms with Crippen molar-refractivity contribution >= 4 is 47.2 Å². The number of carbonyl (C=O) groups excluding carboxylic acids is 1. The number of fused-ring (bicyclic) bond motifs is 1. The van der Waals surface area contributed by atoms with Gasteiger partial charge in [0.1, 0.15) is 12.3 Å². The molecular formula is C22H31IN4O2S. The summed E-state index contributed by atoms with van der Waals surface area (Å²) in [6.07, 6.45) is 1.87. The fourth-order valence-corrected chi connectivity index (χ4v) is 4.08. The third kappa shape index (κ3) is 7.16. The molecule has 6 nitrogen and oxygen atoms in total. The van der Waals surface area contributed by atoms with Crippen molar-refractivity contribution in [1.82, 2.24) is 15.5 Å². The van der Waals surface area contributed by atoms with E-state index in [-0.39, 0.29) is 42.5 Å². The molecule has 3 rings (SSSR count). The Balaban J connectivity index is 0.00000320. The van der Waals surface area contributed by atoms with E-state index in [1.54, 1.807) is 30.3 Å². The SMILES string of the molecule is CC(CNC(=NCC(=O)N(C)C)NC1CCOc2ccccc21)Cc1cccs1.I. The van der Waals surface area contributed by atoms with Gasteiger partial charge in [0.2, 0.25) is 5.91 Å². The molecule has 1 aromatic carbocycles. The van der Waals surface area contributed by atoms with Crippen molar-refractivity contribution in [3.8, 4) is 5.75 Å². The number of amides is 1. The first-order valence-electron chi connectivity index (χ1n) is 10.0. The van der Waals surface area contributed by atoms with Crippen LogP contribution < -0.4 is 15.4 Å². The molecule has 2 unspecified atom stereocenters. The molecule has 30 heavy (non-hydrogen) atoms. The maximum atomic E-state index is 12.0. The Morgan fingerprint density at radius 2 is 2.10 bits per heavy atom. The molecule has 2 heterocycles. The van der Waals surface area contributed by atoms with Gasteiger partial charge in [-0.3, -0.25) is 4.79 Å². The largest absolute Gasteiger partial charge is 0.493 e. The van der Waals surface area contributed by atoms with Gasteiger partial charge in [0.25, 0.3) is 0 Å². The first kappa shape index (κ1) is 24.5. The highest BCUT2D eigenvalue weighted by atomic mass is 127. The van der Waals surface area contributed by atoms with Crippen molar-refractivity contribution in [1.29, 1.82) is 0 Å². The predicted molar refractivity (Wildman–Crippen MR) is 134 cm³/mol. The summed E-state index contributed by atoms with van der Waals surface area (Å²) in [5.41, 5.74) is 1.12. The third-order valence-electron chi connectivity index (χ3n) is 4.89. The number of benzene rings is 1. The number of nitrogens with zero attached hydrogens (tertiary/aromatic N) is 2. The van der Waals surface area contributed by atoms with Gasteiger partial charge in [-0.05, 0) is 29.9 Å². The van der Waals surface area contributed by atoms with E-state index in [4.69, 9.17) is 4.74 Å². The lowest BCUT2D eigenvalue weighted by Crippen LogP contribution is -2.43. The molecule has 0 aliphatic carbocycles. The van der Waals surface area contributed by atoms with E-state index < -0.39 is 0 Å². The van der Waals surface area contributed by atoms with Gasteiger partial charge in [-0.25, -0.2) is 4.99 Å². The van der Waals surface area contributed by atoms with Crippen molar-refractivity contribution in [3.05, 3.63) is 52.2 Å². The summed E-state index contributed by atoms with van der Waals surface area (Å²) in [5, 5.41) is 9.06. The monoisotopic (exact) mass is 542 g/mol. The first-order chi connectivity index (χ1) is 14.0. The minimum Gasteiger partial charge on any atom is -0.493 e. The molecule has 1 aliphatic rings. The van der Waals surface area contributed by atoms with Crippen LogP contribution in [0.4, 0.5) is 0 Å². The maximum absolute atomic E-state index is 12.0. The molecule has 0 radical (unpaired) electrons. The van der Waals surface area contributed by atoms with E-state index in [1.165, 1.54) is 4.88 Å². The number of hydrogen-bond donors (Lipinski definition) is 2. The second-order valence-corrected chi connectivity index (χ2v) is 8.63. The zero-order valence-corrected chi connectivity index (χ0v) is 20.9. The van der Waals surface area contributed by atoms with Crippen molar-refractivity contribution in [2.45, 2.75) is 25.8 Å².